The number of carboxylic acid groups (broad SMARTS) is 1. The quantitative estimate of drug-likeness (QED) is 0.0260. The van der Waals surface area contributed by atoms with Gasteiger partial charge in [0.1, 0.15) is 76.9 Å². The Kier molecular flexibility index (Phi) is 24.0. The highest BCUT2D eigenvalue weighted by molar-refractivity contribution is 7.59. The number of nitrogens with zero attached hydrogens (tertiary/aromatic N) is 4. The summed E-state index contributed by atoms with van der Waals surface area (Å²) in [6.45, 7) is 20.9. The van der Waals surface area contributed by atoms with Crippen LogP contribution >= 0.6 is 14.7 Å². The second kappa shape index (κ2) is 32.1. The molecule has 4 aromatic carbocycles. The molecule has 2 unspecified atom stereocenters. The molecule has 12 atom stereocenters. The third kappa shape index (κ3) is 18.3. The minimum atomic E-state index is -3.81. The summed E-state index contributed by atoms with van der Waals surface area (Å²) >= 11 is 0. The largest absolute Gasteiger partial charge is 0.497 e. The SMILES string of the molecule is C=C[C@@H]1C[C@]1(N)P(C)(=O)O.C=C[C@@H]1C[C@]1(NC(=O)[C@@H]1C[C@@H](Oc2cc(-c3ccccc3)nc3cc(OC)ccc23)CN1C(=O)[C@@H](NC(=O)OC1CCCC1)C(C)(C)C)P(C)(=O)O.COc1ccc2c(O[C@@H]3C[C@@H](C(=O)O)N(C(=O)[C@@H](NC(=O)OC4CCCC4)C(C)(C)C)C3)cc(-c3ccccc3)nc2c1. The number of carboxylic acids is 1. The van der Waals surface area contributed by atoms with E-state index in [-0.39, 0.29) is 56.4 Å². The Morgan fingerprint density at radius 2 is 1.00 bits per heavy atom. The maximum Gasteiger partial charge on any atom is 0.408 e. The number of benzene rings is 4. The molecule has 4 heterocycles. The fraction of sp³-hybridized carbons (Fsp3) is 0.487. The Morgan fingerprint density at radius 1 is 0.590 bits per heavy atom. The molecule has 564 valence electrons. The van der Waals surface area contributed by atoms with E-state index in [1.54, 1.807) is 26.4 Å². The lowest BCUT2D eigenvalue weighted by Crippen LogP contribution is -2.58. The molecule has 4 saturated carbocycles. The van der Waals surface area contributed by atoms with E-state index in [2.05, 4.69) is 29.1 Å². The van der Waals surface area contributed by atoms with Gasteiger partial charge < -0.3 is 74.8 Å². The highest BCUT2D eigenvalue weighted by Gasteiger charge is 2.64. The van der Waals surface area contributed by atoms with E-state index < -0.39 is 108 Å². The zero-order valence-electron chi connectivity index (χ0n) is 61.5. The summed E-state index contributed by atoms with van der Waals surface area (Å²) in [4.78, 5) is 113. The minimum Gasteiger partial charge on any atom is -0.497 e. The van der Waals surface area contributed by atoms with Crippen LogP contribution in [0.3, 0.4) is 0 Å². The van der Waals surface area contributed by atoms with Crippen LogP contribution in [0.4, 0.5) is 9.59 Å². The number of amides is 5. The first kappa shape index (κ1) is 78.7. The van der Waals surface area contributed by atoms with Gasteiger partial charge in [-0.15, -0.1) is 13.2 Å². The molecule has 5 amide bonds. The zero-order valence-corrected chi connectivity index (χ0v) is 63.2. The highest BCUT2D eigenvalue weighted by Crippen LogP contribution is 2.68. The molecular formula is C78H100N8O17P2. The van der Waals surface area contributed by atoms with E-state index in [0.717, 1.165) is 67.9 Å². The second-order valence-electron chi connectivity index (χ2n) is 30.6. The fourth-order valence-corrected chi connectivity index (χ4v) is 17.1. The number of carbonyl (C=O) groups excluding carboxylic acids is 5. The Balaban J connectivity index is 0.000000201. The van der Waals surface area contributed by atoms with Gasteiger partial charge in [0.25, 0.3) is 0 Å². The summed E-state index contributed by atoms with van der Waals surface area (Å²) < 4.78 is 59.4. The topological polar surface area (TPSA) is 347 Å². The summed E-state index contributed by atoms with van der Waals surface area (Å²) in [5.74, 6) is -0.711. The van der Waals surface area contributed by atoms with Gasteiger partial charge in [-0.25, -0.2) is 24.4 Å². The van der Waals surface area contributed by atoms with Gasteiger partial charge in [0.2, 0.25) is 32.5 Å². The van der Waals surface area contributed by atoms with Crippen molar-refractivity contribution < 1.29 is 81.2 Å². The van der Waals surface area contributed by atoms with Gasteiger partial charge >= 0.3 is 18.2 Å². The number of ether oxygens (including phenoxy) is 6. The van der Waals surface area contributed by atoms with Crippen LogP contribution in [0.2, 0.25) is 0 Å². The van der Waals surface area contributed by atoms with Crippen LogP contribution in [0, 0.1) is 22.7 Å². The van der Waals surface area contributed by atoms with Gasteiger partial charge in [-0.2, -0.15) is 0 Å². The molecule has 27 heteroatoms. The maximum atomic E-state index is 14.6. The molecule has 12 rings (SSSR count). The maximum absolute atomic E-state index is 14.6. The van der Waals surface area contributed by atoms with Crippen molar-refractivity contribution in [3.8, 4) is 45.5 Å². The van der Waals surface area contributed by atoms with E-state index in [1.807, 2.05) is 151 Å². The number of methoxy groups -OCH3 is 2. The second-order valence-corrected chi connectivity index (χ2v) is 35.7. The summed E-state index contributed by atoms with van der Waals surface area (Å²) in [5, 5.41) is 17.7. The zero-order chi connectivity index (χ0) is 76.1. The predicted molar refractivity (Wildman–Crippen MR) is 400 cm³/mol. The molecule has 105 heavy (non-hydrogen) atoms. The molecule has 2 saturated heterocycles. The van der Waals surface area contributed by atoms with E-state index in [1.165, 1.54) is 23.1 Å². The predicted octanol–water partition coefficient (Wildman–Crippen LogP) is 12.4. The first-order valence-electron chi connectivity index (χ1n) is 35.7. The van der Waals surface area contributed by atoms with Gasteiger partial charge in [-0.1, -0.05) is 114 Å². The smallest absolute Gasteiger partial charge is 0.408 e. The third-order valence-electron chi connectivity index (χ3n) is 20.7. The standard InChI is InChI=1S/C39H49N4O8P.C33H39N3O7.C6H12NO2P/c1-7-25-22-39(25,52(6,47)48)42-35(44)32-20-28(23-43(32)36(45)34(38(2,3)4)41-37(46)51-26-15-11-12-16-26)50-33-21-30(24-13-9-8-10-14-24)40-31-19-27(49-5)17-18-29(31)33;1-33(2,3)29(35-32(40)43-21-12-8-9-13-21)30(37)36-19-23(17-27(36)31(38)39)42-28-18-25(20-10-6-5-7-11-20)34-26-16-22(41-4)14-15-24(26)28;1-3-5-4-6(5,7)10(2,8)9/h7-10,13-14,17-19,21,25-26,28,32,34H,1,11-12,15-16,20,22-23H2,2-6H3,(H,41,46)(H,42,44)(H,47,48);5-7,10-11,14-16,18,21,23,27,29H,8-9,12-13,17,19H2,1-4H3,(H,35,40)(H,38,39);3,5H,1,4,7H2,2H3,(H,8,9)/t25-,28-,32+,34-,39+;23-,27+,29-;5-,6+/m111/s1. The molecule has 8 N–H and O–H groups in total. The van der Waals surface area contributed by atoms with Crippen molar-refractivity contribution in [3.05, 3.63) is 135 Å². The molecule has 6 aliphatic rings. The Morgan fingerprint density at radius 3 is 1.34 bits per heavy atom. The molecular weight excluding hydrogens is 1380 g/mol. The van der Waals surface area contributed by atoms with Crippen LogP contribution in [0.25, 0.3) is 44.3 Å². The molecule has 0 spiro atoms. The van der Waals surface area contributed by atoms with Crippen molar-refractivity contribution >= 4 is 72.4 Å². The van der Waals surface area contributed by atoms with E-state index >= 15 is 0 Å². The lowest BCUT2D eigenvalue weighted by atomic mass is 9.85. The number of fused-ring (bicyclic) bond motifs is 2. The van der Waals surface area contributed by atoms with Crippen LogP contribution in [0.1, 0.15) is 119 Å². The van der Waals surface area contributed by atoms with E-state index in [4.69, 9.17) is 49.0 Å². The van der Waals surface area contributed by atoms with E-state index in [0.29, 0.717) is 57.2 Å². The lowest BCUT2D eigenvalue weighted by molar-refractivity contribution is -0.150. The van der Waals surface area contributed by atoms with E-state index in [9.17, 15) is 47.9 Å². The molecule has 4 aliphatic carbocycles. The fourth-order valence-electron chi connectivity index (χ4n) is 14.3. The average Bonchev–Trinajstić information content (AvgIpc) is 1.57. The number of rotatable bonds is 21. The summed E-state index contributed by atoms with van der Waals surface area (Å²) in [6.07, 6.45) is 8.40. The van der Waals surface area contributed by atoms with Gasteiger partial charge in [0.05, 0.1) is 55.0 Å². The molecule has 0 radical (unpaired) electrons. The van der Waals surface area contributed by atoms with Gasteiger partial charge in [0.15, 0.2) is 0 Å². The Bertz CT molecular complexity index is 4300. The van der Waals surface area contributed by atoms with Crippen molar-refractivity contribution in [2.45, 2.75) is 178 Å². The number of hydrogen-bond donors (Lipinski definition) is 7. The average molecular weight is 1480 g/mol. The first-order chi connectivity index (χ1) is 49.6. The van der Waals surface area contributed by atoms with Gasteiger partial charge in [0, 0.05) is 84.2 Å². The Hall–Kier alpha value is -8.86. The van der Waals surface area contributed by atoms with Crippen LogP contribution < -0.4 is 40.6 Å². The Labute approximate surface area is 613 Å². The van der Waals surface area contributed by atoms with Crippen molar-refractivity contribution in [3.63, 3.8) is 0 Å². The first-order valence-corrected chi connectivity index (χ1v) is 40.0. The number of hydrogen-bond acceptors (Lipinski definition) is 17. The van der Waals surface area contributed by atoms with Crippen molar-refractivity contribution in [1.82, 2.24) is 35.7 Å². The number of nitrogens with one attached hydrogen (secondary N) is 3. The number of nitrogens with two attached hydrogens (primary N) is 1. The third-order valence-corrected chi connectivity index (χ3v) is 24.9. The van der Waals surface area contributed by atoms with Crippen molar-refractivity contribution in [1.29, 1.82) is 0 Å². The van der Waals surface area contributed by atoms with Gasteiger partial charge in [-0.3, -0.25) is 23.5 Å². The number of carbonyl (C=O) groups is 6. The molecule has 6 aromatic rings. The molecule has 6 fully saturated rings. The molecule has 2 aliphatic heterocycles. The van der Waals surface area contributed by atoms with Crippen LogP contribution in [0.5, 0.6) is 23.0 Å². The normalized spacial score (nSPS) is 24.5. The monoisotopic (exact) mass is 1480 g/mol. The number of pyridine rings is 2. The number of likely N-dealkylation sites (tertiary alicyclic amines) is 2. The highest BCUT2D eigenvalue weighted by atomic mass is 31.2. The van der Waals surface area contributed by atoms with Crippen LogP contribution in [-0.4, -0.2) is 170 Å². The summed E-state index contributed by atoms with van der Waals surface area (Å²) in [7, 11) is -3.75. The van der Waals surface area contributed by atoms with Crippen LogP contribution in [-0.2, 0) is 37.8 Å². The minimum absolute atomic E-state index is 0.0181. The van der Waals surface area contributed by atoms with Crippen molar-refractivity contribution in [2.24, 2.45) is 28.4 Å². The molecule has 0 bridgehead atoms. The number of aliphatic carboxylic acids is 1. The van der Waals surface area contributed by atoms with Gasteiger partial charge in [-0.05, 0) is 99.3 Å². The van der Waals surface area contributed by atoms with Crippen LogP contribution in [0.15, 0.2) is 135 Å². The summed E-state index contributed by atoms with van der Waals surface area (Å²) in [5.41, 5.74) is 8.57. The molecule has 2 aromatic heterocycles. The molecule has 25 nitrogen and oxygen atoms in total. The number of alkyl carbamates (subject to hydrolysis) is 2. The number of aromatic nitrogens is 2. The van der Waals surface area contributed by atoms with Crippen molar-refractivity contribution in [2.75, 3.05) is 40.6 Å². The lowest BCUT2D eigenvalue weighted by Gasteiger charge is -2.35. The summed E-state index contributed by atoms with van der Waals surface area (Å²) in [6, 6.07) is 29.8.